The molecule has 3 rings (SSSR count). The number of nitrogens with zero attached hydrogens (tertiary/aromatic N) is 5. The highest BCUT2D eigenvalue weighted by Crippen LogP contribution is 2.28. The lowest BCUT2D eigenvalue weighted by Gasteiger charge is -2.11. The summed E-state index contributed by atoms with van der Waals surface area (Å²) in [4.78, 5) is 32.0. The first-order valence-corrected chi connectivity index (χ1v) is 6.65. The molecule has 0 N–H and O–H groups in total. The molecule has 0 bridgehead atoms. The van der Waals surface area contributed by atoms with Crippen LogP contribution in [0.2, 0.25) is 0 Å². The Kier molecular flexibility index (Phi) is 3.50. The van der Waals surface area contributed by atoms with Crippen LogP contribution in [0.1, 0.15) is 17.4 Å². The van der Waals surface area contributed by atoms with E-state index in [2.05, 4.69) is 15.1 Å². The zero-order valence-electron chi connectivity index (χ0n) is 12.5. The van der Waals surface area contributed by atoms with Crippen LogP contribution in [0.4, 0.5) is 13.2 Å². The number of fused-ring (bicyclic) bond motifs is 1. The fourth-order valence-electron chi connectivity index (χ4n) is 2.22. The molecule has 0 spiro atoms. The largest absolute Gasteiger partial charge is 0.433 e. The van der Waals surface area contributed by atoms with Crippen LogP contribution < -0.4 is 11.2 Å². The number of aryl methyl sites for hydroxylation is 2. The molecule has 0 unspecified atom stereocenters. The van der Waals surface area contributed by atoms with Crippen molar-refractivity contribution in [1.29, 1.82) is 0 Å². The molecular weight excluding hydrogens is 331 g/mol. The average molecular weight is 341 g/mol. The Morgan fingerprint density at radius 1 is 1.21 bits per heavy atom. The van der Waals surface area contributed by atoms with E-state index in [1.54, 1.807) is 6.92 Å². The third-order valence-corrected chi connectivity index (χ3v) is 3.35. The number of aromatic nitrogens is 5. The van der Waals surface area contributed by atoms with Gasteiger partial charge in [-0.2, -0.15) is 18.2 Å². The van der Waals surface area contributed by atoms with E-state index < -0.39 is 23.1 Å². The molecule has 8 nitrogen and oxygen atoms in total. The second-order valence-electron chi connectivity index (χ2n) is 5.03. The molecule has 0 aromatic carbocycles. The Labute approximate surface area is 131 Å². The lowest BCUT2D eigenvalue weighted by Crippen LogP contribution is -2.40. The van der Waals surface area contributed by atoms with E-state index in [1.807, 2.05) is 0 Å². The van der Waals surface area contributed by atoms with Crippen molar-refractivity contribution in [2.75, 3.05) is 0 Å². The summed E-state index contributed by atoms with van der Waals surface area (Å²) in [6.45, 7) is 1.28. The van der Waals surface area contributed by atoms with E-state index >= 15 is 0 Å². The van der Waals surface area contributed by atoms with Crippen molar-refractivity contribution >= 4 is 11.0 Å². The highest BCUT2D eigenvalue weighted by molar-refractivity contribution is 5.74. The van der Waals surface area contributed by atoms with Crippen molar-refractivity contribution in [2.45, 2.75) is 19.6 Å². The van der Waals surface area contributed by atoms with Gasteiger partial charge in [0, 0.05) is 14.0 Å². The molecule has 0 saturated heterocycles. The van der Waals surface area contributed by atoms with E-state index in [4.69, 9.17) is 4.52 Å². The normalized spacial score (nSPS) is 12.0. The zero-order valence-corrected chi connectivity index (χ0v) is 12.5. The van der Waals surface area contributed by atoms with Crippen molar-refractivity contribution < 1.29 is 17.7 Å². The molecule has 0 amide bonds. The third-order valence-electron chi connectivity index (χ3n) is 3.35. The zero-order chi connectivity index (χ0) is 17.6. The molecule has 126 valence electrons. The Hall–Kier alpha value is -2.98. The number of rotatable bonds is 2. The van der Waals surface area contributed by atoms with Crippen LogP contribution in [0, 0.1) is 6.92 Å². The van der Waals surface area contributed by atoms with Gasteiger partial charge >= 0.3 is 11.9 Å². The molecule has 24 heavy (non-hydrogen) atoms. The number of pyridine rings is 1. The molecule has 0 aliphatic heterocycles. The summed E-state index contributed by atoms with van der Waals surface area (Å²) in [5.74, 6) is 0.359. The summed E-state index contributed by atoms with van der Waals surface area (Å²) in [6.07, 6.45) is -4.68. The minimum atomic E-state index is -4.68. The maximum atomic E-state index is 12.8. The van der Waals surface area contributed by atoms with Crippen molar-refractivity contribution in [2.24, 2.45) is 7.05 Å². The SMILES string of the molecule is Cc1nc(Cn2c(=O)c3ccc(C(F)(F)F)nc3n(C)c2=O)no1. The quantitative estimate of drug-likeness (QED) is 0.686. The molecule has 0 aliphatic rings. The smallest absolute Gasteiger partial charge is 0.340 e. The van der Waals surface area contributed by atoms with Crippen LogP contribution in [0.15, 0.2) is 26.2 Å². The van der Waals surface area contributed by atoms with Gasteiger partial charge in [0.15, 0.2) is 5.82 Å². The monoisotopic (exact) mass is 341 g/mol. The van der Waals surface area contributed by atoms with Crippen LogP contribution in [0.25, 0.3) is 11.0 Å². The molecule has 0 fully saturated rings. The Morgan fingerprint density at radius 3 is 2.50 bits per heavy atom. The molecule has 0 radical (unpaired) electrons. The first-order chi connectivity index (χ1) is 11.2. The molecule has 3 aromatic rings. The summed E-state index contributed by atoms with van der Waals surface area (Å²) in [5, 5.41) is 3.47. The second kappa shape index (κ2) is 5.28. The second-order valence-corrected chi connectivity index (χ2v) is 5.03. The van der Waals surface area contributed by atoms with Crippen LogP contribution in [-0.2, 0) is 19.8 Å². The summed E-state index contributed by atoms with van der Waals surface area (Å²) in [7, 11) is 1.23. The van der Waals surface area contributed by atoms with Crippen molar-refractivity contribution in [1.82, 2.24) is 24.3 Å². The number of hydrogen-bond acceptors (Lipinski definition) is 6. The average Bonchev–Trinajstić information content (AvgIpc) is 2.93. The van der Waals surface area contributed by atoms with Crippen molar-refractivity contribution in [3.8, 4) is 0 Å². The predicted octanol–water partition coefficient (Wildman–Crippen LogP) is 0.854. The Bertz CT molecular complexity index is 1050. The number of hydrogen-bond donors (Lipinski definition) is 0. The maximum absolute atomic E-state index is 12.8. The Morgan fingerprint density at radius 2 is 1.92 bits per heavy atom. The van der Waals surface area contributed by atoms with E-state index in [0.29, 0.717) is 6.07 Å². The first kappa shape index (κ1) is 15.9. The van der Waals surface area contributed by atoms with E-state index in [9.17, 15) is 22.8 Å². The van der Waals surface area contributed by atoms with Gasteiger partial charge in [0.1, 0.15) is 11.3 Å². The first-order valence-electron chi connectivity index (χ1n) is 6.65. The minimum absolute atomic E-state index is 0.103. The van der Waals surface area contributed by atoms with E-state index in [-0.39, 0.29) is 29.3 Å². The van der Waals surface area contributed by atoms with Crippen LogP contribution in [-0.4, -0.2) is 24.3 Å². The number of halogens is 3. The van der Waals surface area contributed by atoms with Crippen LogP contribution >= 0.6 is 0 Å². The topological polar surface area (TPSA) is 95.8 Å². The highest BCUT2D eigenvalue weighted by atomic mass is 19.4. The molecule has 3 aromatic heterocycles. The van der Waals surface area contributed by atoms with Crippen molar-refractivity contribution in [3.63, 3.8) is 0 Å². The molecule has 0 saturated carbocycles. The number of alkyl halides is 3. The molecule has 0 aliphatic carbocycles. The van der Waals surface area contributed by atoms with Crippen molar-refractivity contribution in [3.05, 3.63) is 50.4 Å². The summed E-state index contributed by atoms with van der Waals surface area (Å²) in [6, 6.07) is 1.68. The van der Waals surface area contributed by atoms with Crippen LogP contribution in [0.5, 0.6) is 0 Å². The Balaban J connectivity index is 2.23. The van der Waals surface area contributed by atoms with Gasteiger partial charge in [-0.05, 0) is 12.1 Å². The fourth-order valence-corrected chi connectivity index (χ4v) is 2.22. The summed E-state index contributed by atoms with van der Waals surface area (Å²) >= 11 is 0. The lowest BCUT2D eigenvalue weighted by molar-refractivity contribution is -0.141. The third kappa shape index (κ3) is 2.57. The van der Waals surface area contributed by atoms with Gasteiger partial charge < -0.3 is 4.52 Å². The summed E-state index contributed by atoms with van der Waals surface area (Å²) < 4.78 is 44.7. The van der Waals surface area contributed by atoms with Crippen LogP contribution in [0.3, 0.4) is 0 Å². The van der Waals surface area contributed by atoms with Gasteiger partial charge in [0.2, 0.25) is 5.89 Å². The van der Waals surface area contributed by atoms with Gasteiger partial charge in [0.05, 0.1) is 11.9 Å². The lowest BCUT2D eigenvalue weighted by atomic mass is 10.2. The van der Waals surface area contributed by atoms with Gasteiger partial charge in [-0.3, -0.25) is 13.9 Å². The van der Waals surface area contributed by atoms with E-state index in [0.717, 1.165) is 15.2 Å². The van der Waals surface area contributed by atoms with Gasteiger partial charge in [-0.1, -0.05) is 5.16 Å². The molecule has 0 atom stereocenters. The van der Waals surface area contributed by atoms with E-state index in [1.165, 1.54) is 7.05 Å². The molecular formula is C13H10F3N5O3. The molecule has 11 heteroatoms. The highest BCUT2D eigenvalue weighted by Gasteiger charge is 2.33. The van der Waals surface area contributed by atoms with Gasteiger partial charge in [0.25, 0.3) is 5.56 Å². The maximum Gasteiger partial charge on any atom is 0.433 e. The van der Waals surface area contributed by atoms with Gasteiger partial charge in [-0.15, -0.1) is 0 Å². The standard InChI is InChI=1S/C13H10F3N5O3/c1-6-17-9(19-24-6)5-21-11(22)7-3-4-8(13(14,15)16)18-10(7)20(2)12(21)23/h3-4H,5H2,1-2H3. The fraction of sp³-hybridized carbons (Fsp3) is 0.308. The molecule has 3 heterocycles. The van der Waals surface area contributed by atoms with Gasteiger partial charge in [-0.25, -0.2) is 9.78 Å². The summed E-state index contributed by atoms with van der Waals surface area (Å²) in [5.41, 5.74) is -3.14. The minimum Gasteiger partial charge on any atom is -0.340 e. The predicted molar refractivity (Wildman–Crippen MR) is 74.4 cm³/mol.